The molecule has 1 rings (SSSR count). The number of amides is 1. The Morgan fingerprint density at radius 2 is 1.86 bits per heavy atom. The first-order valence-corrected chi connectivity index (χ1v) is 7.28. The van der Waals surface area contributed by atoms with Crippen molar-refractivity contribution in [3.05, 3.63) is 0 Å². The Hall–Kier alpha value is -0.730. The number of hydrogen-bond donors (Lipinski definition) is 3. The van der Waals surface area contributed by atoms with E-state index in [2.05, 4.69) is 5.32 Å². The molecule has 3 N–H and O–H groups in total. The molecule has 21 heavy (non-hydrogen) atoms. The topological polar surface area (TPSA) is 97.3 Å². The standard InChI is InChI=1S/C14H27NO6/c1-7(2)19-6-10(20-8(3)4)13-12(17)11(14(18)21-13)15-9(5)16/h7-8,10-14,17-18H,6H2,1-5H3,(H,15,16)/t10-,11-,12-,13+,14-/m1/s1. The summed E-state index contributed by atoms with van der Waals surface area (Å²) in [6.45, 7) is 9.07. The smallest absolute Gasteiger partial charge is 0.217 e. The zero-order valence-corrected chi connectivity index (χ0v) is 13.3. The first-order chi connectivity index (χ1) is 9.72. The van der Waals surface area contributed by atoms with Crippen LogP contribution in [0.5, 0.6) is 0 Å². The Morgan fingerprint density at radius 1 is 1.24 bits per heavy atom. The maximum atomic E-state index is 11.1. The maximum Gasteiger partial charge on any atom is 0.217 e. The Morgan fingerprint density at radius 3 is 2.33 bits per heavy atom. The van der Waals surface area contributed by atoms with Gasteiger partial charge in [0.1, 0.15) is 24.4 Å². The van der Waals surface area contributed by atoms with Crippen LogP contribution in [0.1, 0.15) is 34.6 Å². The SMILES string of the molecule is CC(=O)N[C@@H]1[C@@H](O)[C@H]([C@@H](COC(C)C)OC(C)C)O[C@H]1O. The van der Waals surface area contributed by atoms with Crippen LogP contribution in [0.25, 0.3) is 0 Å². The molecule has 1 fully saturated rings. The lowest BCUT2D eigenvalue weighted by Crippen LogP contribution is -2.49. The number of rotatable bonds is 7. The minimum atomic E-state index is -1.27. The Bertz CT molecular complexity index is 335. The Kier molecular flexibility index (Phi) is 7.02. The van der Waals surface area contributed by atoms with Gasteiger partial charge < -0.3 is 29.7 Å². The molecule has 0 radical (unpaired) electrons. The molecule has 1 aliphatic heterocycles. The van der Waals surface area contributed by atoms with Crippen molar-refractivity contribution in [2.45, 2.75) is 77.5 Å². The fraction of sp³-hybridized carbons (Fsp3) is 0.929. The number of carbonyl (C=O) groups is 1. The van der Waals surface area contributed by atoms with Crippen LogP contribution < -0.4 is 5.32 Å². The lowest BCUT2D eigenvalue weighted by atomic mass is 10.0. The minimum Gasteiger partial charge on any atom is -0.388 e. The summed E-state index contributed by atoms with van der Waals surface area (Å²) in [5, 5.41) is 22.6. The van der Waals surface area contributed by atoms with Gasteiger partial charge in [-0.15, -0.1) is 0 Å². The third-order valence-electron chi connectivity index (χ3n) is 3.09. The molecule has 1 saturated heterocycles. The van der Waals surface area contributed by atoms with Crippen molar-refractivity contribution in [3.8, 4) is 0 Å². The molecule has 1 heterocycles. The summed E-state index contributed by atoms with van der Waals surface area (Å²) in [4.78, 5) is 11.1. The van der Waals surface area contributed by atoms with E-state index in [1.807, 2.05) is 27.7 Å². The predicted octanol–water partition coefficient (Wildman–Crippen LogP) is -0.212. The van der Waals surface area contributed by atoms with Crippen molar-refractivity contribution in [2.24, 2.45) is 0 Å². The highest BCUT2D eigenvalue weighted by atomic mass is 16.6. The number of carbonyl (C=O) groups excluding carboxylic acids is 1. The Balaban J connectivity index is 2.74. The van der Waals surface area contributed by atoms with Crippen molar-refractivity contribution >= 4 is 5.91 Å². The van der Waals surface area contributed by atoms with Gasteiger partial charge in [-0.1, -0.05) is 0 Å². The monoisotopic (exact) mass is 305 g/mol. The lowest BCUT2D eigenvalue weighted by Gasteiger charge is -2.28. The lowest BCUT2D eigenvalue weighted by molar-refractivity contribution is -0.170. The molecule has 0 unspecified atom stereocenters. The summed E-state index contributed by atoms with van der Waals surface area (Å²) in [6, 6.07) is -0.871. The molecule has 0 aromatic carbocycles. The van der Waals surface area contributed by atoms with Crippen LogP contribution in [0.15, 0.2) is 0 Å². The van der Waals surface area contributed by atoms with Crippen LogP contribution in [-0.4, -0.2) is 65.6 Å². The first kappa shape index (κ1) is 18.3. The second-order valence-electron chi connectivity index (χ2n) is 5.81. The average Bonchev–Trinajstić information content (AvgIpc) is 2.61. The number of nitrogens with one attached hydrogen (secondary N) is 1. The summed E-state index contributed by atoms with van der Waals surface area (Å²) in [6.07, 6.45) is -3.71. The zero-order valence-electron chi connectivity index (χ0n) is 13.3. The van der Waals surface area contributed by atoms with E-state index in [9.17, 15) is 15.0 Å². The van der Waals surface area contributed by atoms with Crippen LogP contribution in [0.3, 0.4) is 0 Å². The van der Waals surface area contributed by atoms with Crippen LogP contribution in [0.2, 0.25) is 0 Å². The van der Waals surface area contributed by atoms with Crippen LogP contribution >= 0.6 is 0 Å². The summed E-state index contributed by atoms with van der Waals surface area (Å²) in [5.41, 5.74) is 0. The molecule has 1 aliphatic rings. The molecule has 124 valence electrons. The highest BCUT2D eigenvalue weighted by molar-refractivity contribution is 5.73. The van der Waals surface area contributed by atoms with E-state index in [-0.39, 0.29) is 24.7 Å². The van der Waals surface area contributed by atoms with Gasteiger partial charge >= 0.3 is 0 Å². The van der Waals surface area contributed by atoms with Crippen molar-refractivity contribution in [3.63, 3.8) is 0 Å². The highest BCUT2D eigenvalue weighted by Gasteiger charge is 2.47. The van der Waals surface area contributed by atoms with Gasteiger partial charge in [-0.3, -0.25) is 4.79 Å². The van der Waals surface area contributed by atoms with Gasteiger partial charge in [-0.2, -0.15) is 0 Å². The molecule has 0 aromatic rings. The van der Waals surface area contributed by atoms with E-state index in [0.717, 1.165) is 0 Å². The van der Waals surface area contributed by atoms with Gasteiger partial charge in [0.15, 0.2) is 6.29 Å². The van der Waals surface area contributed by atoms with Crippen LogP contribution in [-0.2, 0) is 19.0 Å². The van der Waals surface area contributed by atoms with Crippen molar-refractivity contribution in [1.82, 2.24) is 5.32 Å². The fourth-order valence-corrected chi connectivity index (χ4v) is 2.25. The van der Waals surface area contributed by atoms with Crippen LogP contribution in [0.4, 0.5) is 0 Å². The summed E-state index contributed by atoms with van der Waals surface area (Å²) in [7, 11) is 0. The summed E-state index contributed by atoms with van der Waals surface area (Å²) < 4.78 is 16.6. The molecule has 0 bridgehead atoms. The van der Waals surface area contributed by atoms with Gasteiger partial charge in [0, 0.05) is 6.92 Å². The molecule has 0 spiro atoms. The van der Waals surface area contributed by atoms with Crippen LogP contribution in [0, 0.1) is 0 Å². The quantitative estimate of drug-likeness (QED) is 0.602. The van der Waals surface area contributed by atoms with Gasteiger partial charge in [-0.25, -0.2) is 0 Å². The molecule has 7 heteroatoms. The number of ether oxygens (including phenoxy) is 3. The number of hydrogen-bond acceptors (Lipinski definition) is 6. The molecule has 7 nitrogen and oxygen atoms in total. The zero-order chi connectivity index (χ0) is 16.2. The average molecular weight is 305 g/mol. The second-order valence-corrected chi connectivity index (χ2v) is 5.81. The number of aliphatic hydroxyl groups excluding tert-OH is 2. The largest absolute Gasteiger partial charge is 0.388 e. The molecule has 0 aromatic heterocycles. The summed E-state index contributed by atoms with van der Waals surface area (Å²) >= 11 is 0. The van der Waals surface area contributed by atoms with Crippen molar-refractivity contribution in [1.29, 1.82) is 0 Å². The molecular weight excluding hydrogens is 278 g/mol. The van der Waals surface area contributed by atoms with Gasteiger partial charge in [0.05, 0.1) is 18.8 Å². The normalized spacial score (nSPS) is 30.9. The van der Waals surface area contributed by atoms with E-state index in [1.54, 1.807) is 0 Å². The maximum absolute atomic E-state index is 11.1. The van der Waals surface area contributed by atoms with Crippen molar-refractivity contribution < 1.29 is 29.2 Å². The Labute approximate surface area is 125 Å². The van der Waals surface area contributed by atoms with Gasteiger partial charge in [-0.05, 0) is 27.7 Å². The first-order valence-electron chi connectivity index (χ1n) is 7.28. The number of aliphatic hydroxyl groups is 2. The summed E-state index contributed by atoms with van der Waals surface area (Å²) in [5.74, 6) is -0.345. The van der Waals surface area contributed by atoms with Gasteiger partial charge in [0.25, 0.3) is 0 Å². The minimum absolute atomic E-state index is 0.0119. The molecule has 1 amide bonds. The van der Waals surface area contributed by atoms with E-state index < -0.39 is 30.6 Å². The van der Waals surface area contributed by atoms with E-state index in [1.165, 1.54) is 6.92 Å². The molecule has 0 aliphatic carbocycles. The molecule has 5 atom stereocenters. The van der Waals surface area contributed by atoms with Gasteiger partial charge in [0.2, 0.25) is 5.91 Å². The molecule has 0 saturated carbocycles. The fourth-order valence-electron chi connectivity index (χ4n) is 2.25. The van der Waals surface area contributed by atoms with E-state index in [0.29, 0.717) is 0 Å². The highest BCUT2D eigenvalue weighted by Crippen LogP contribution is 2.25. The third kappa shape index (κ3) is 5.52. The molecular formula is C14H27NO6. The second kappa shape index (κ2) is 8.05. The van der Waals surface area contributed by atoms with Crippen molar-refractivity contribution in [2.75, 3.05) is 6.61 Å². The third-order valence-corrected chi connectivity index (χ3v) is 3.09. The van der Waals surface area contributed by atoms with E-state index >= 15 is 0 Å². The predicted molar refractivity (Wildman–Crippen MR) is 75.6 cm³/mol. The van der Waals surface area contributed by atoms with E-state index in [4.69, 9.17) is 14.2 Å².